The van der Waals surface area contributed by atoms with E-state index in [1.807, 2.05) is 31.2 Å². The van der Waals surface area contributed by atoms with Gasteiger partial charge in [-0.3, -0.25) is 0 Å². The predicted molar refractivity (Wildman–Crippen MR) is 112 cm³/mol. The zero-order valence-electron chi connectivity index (χ0n) is 16.0. The number of pyridine rings is 1. The molecule has 2 aromatic rings. The Hall–Kier alpha value is -1.74. The van der Waals surface area contributed by atoms with Crippen LogP contribution in [0.4, 0.5) is 20.3 Å². The van der Waals surface area contributed by atoms with Gasteiger partial charge >= 0.3 is 0 Å². The van der Waals surface area contributed by atoms with Crippen LogP contribution in [-0.4, -0.2) is 38.3 Å². The summed E-state index contributed by atoms with van der Waals surface area (Å²) >= 11 is 3.40. The zero-order chi connectivity index (χ0) is 20.8. The number of hydrogen-bond acceptors (Lipinski definition) is 5. The molecule has 0 aliphatic carbocycles. The molecule has 0 saturated carbocycles. The van der Waals surface area contributed by atoms with E-state index in [4.69, 9.17) is 0 Å². The van der Waals surface area contributed by atoms with Crippen LogP contribution in [0.2, 0.25) is 0 Å². The highest BCUT2D eigenvalue weighted by Crippen LogP contribution is 2.40. The first-order chi connectivity index (χ1) is 13.8. The lowest BCUT2D eigenvalue weighted by atomic mass is 10.0. The number of piperidine rings is 1. The molecule has 5 nitrogen and oxygen atoms in total. The standard InChI is InChI=1S/C20H22BrF2N3O2S/c1-13-5-2-3-8-26(13)20-16(22)18-17(19(23)24-20)25(9-10-29(18,27)28)12-14-6-4-7-15(21)11-14/h4,6-7,11,13H,2-3,5,8-10,12H2,1H3/t13-/m1/s1. The van der Waals surface area contributed by atoms with Crippen molar-refractivity contribution in [3.63, 3.8) is 0 Å². The highest BCUT2D eigenvalue weighted by atomic mass is 79.9. The first-order valence-electron chi connectivity index (χ1n) is 9.65. The smallest absolute Gasteiger partial charge is 0.239 e. The molecule has 2 aliphatic heterocycles. The van der Waals surface area contributed by atoms with E-state index >= 15 is 8.78 Å². The molecule has 9 heteroatoms. The van der Waals surface area contributed by atoms with E-state index in [-0.39, 0.29) is 36.4 Å². The largest absolute Gasteiger partial charge is 0.361 e. The molecule has 1 saturated heterocycles. The Labute approximate surface area is 177 Å². The van der Waals surface area contributed by atoms with Crippen molar-refractivity contribution in [1.82, 2.24) is 4.98 Å². The van der Waals surface area contributed by atoms with Gasteiger partial charge < -0.3 is 9.80 Å². The molecular weight excluding hydrogens is 464 g/mol. The third-order valence-corrected chi connectivity index (χ3v) is 7.81. The summed E-state index contributed by atoms with van der Waals surface area (Å²) in [6, 6.07) is 7.42. The fourth-order valence-electron chi connectivity index (χ4n) is 4.11. The van der Waals surface area contributed by atoms with Crippen molar-refractivity contribution in [3.05, 3.63) is 46.1 Å². The fourth-order valence-corrected chi connectivity index (χ4v) is 6.10. The van der Waals surface area contributed by atoms with Gasteiger partial charge in [-0.1, -0.05) is 28.1 Å². The molecule has 0 unspecified atom stereocenters. The molecule has 156 valence electrons. The molecule has 4 rings (SSSR count). The molecule has 1 aromatic carbocycles. The van der Waals surface area contributed by atoms with Crippen molar-refractivity contribution >= 4 is 37.3 Å². The maximum absolute atomic E-state index is 15.5. The summed E-state index contributed by atoms with van der Waals surface area (Å²) in [4.78, 5) is 6.60. The monoisotopic (exact) mass is 485 g/mol. The second-order valence-corrected chi connectivity index (χ2v) is 10.6. The van der Waals surface area contributed by atoms with Crippen LogP contribution >= 0.6 is 15.9 Å². The molecule has 3 heterocycles. The van der Waals surface area contributed by atoms with Gasteiger partial charge in [0.15, 0.2) is 21.5 Å². The molecule has 1 fully saturated rings. The number of hydrogen-bond donors (Lipinski definition) is 0. The molecule has 1 aromatic heterocycles. The van der Waals surface area contributed by atoms with Gasteiger partial charge in [0.05, 0.1) is 5.75 Å². The predicted octanol–water partition coefficient (Wildman–Crippen LogP) is 4.30. The zero-order valence-corrected chi connectivity index (χ0v) is 18.4. The summed E-state index contributed by atoms with van der Waals surface area (Å²) < 4.78 is 56.9. The van der Waals surface area contributed by atoms with Gasteiger partial charge in [0.1, 0.15) is 10.6 Å². The molecule has 1 atom stereocenters. The van der Waals surface area contributed by atoms with Crippen LogP contribution in [0.1, 0.15) is 31.7 Å². The lowest BCUT2D eigenvalue weighted by Gasteiger charge is -2.36. The Bertz CT molecular complexity index is 1050. The van der Waals surface area contributed by atoms with Crippen molar-refractivity contribution in [2.24, 2.45) is 0 Å². The van der Waals surface area contributed by atoms with Crippen LogP contribution in [0.15, 0.2) is 33.6 Å². The number of sulfone groups is 1. The first-order valence-corrected chi connectivity index (χ1v) is 12.1. The summed E-state index contributed by atoms with van der Waals surface area (Å²) in [7, 11) is -3.94. The van der Waals surface area contributed by atoms with E-state index in [9.17, 15) is 8.42 Å². The van der Waals surface area contributed by atoms with Crippen molar-refractivity contribution < 1.29 is 17.2 Å². The van der Waals surface area contributed by atoms with Crippen LogP contribution in [0.5, 0.6) is 0 Å². The van der Waals surface area contributed by atoms with E-state index in [1.165, 1.54) is 0 Å². The average Bonchev–Trinajstić information content (AvgIpc) is 2.66. The summed E-state index contributed by atoms with van der Waals surface area (Å²) in [6.45, 7) is 2.80. The molecule has 0 spiro atoms. The number of nitrogens with zero attached hydrogens (tertiary/aromatic N) is 3. The van der Waals surface area contributed by atoms with E-state index in [0.717, 1.165) is 29.3 Å². The number of aromatic nitrogens is 1. The van der Waals surface area contributed by atoms with E-state index < -0.39 is 26.5 Å². The van der Waals surface area contributed by atoms with Gasteiger partial charge in [-0.05, 0) is 43.9 Å². The normalized spacial score (nSPS) is 21.2. The van der Waals surface area contributed by atoms with Crippen LogP contribution in [0, 0.1) is 11.8 Å². The summed E-state index contributed by atoms with van der Waals surface area (Å²) in [5.41, 5.74) is 0.597. The topological polar surface area (TPSA) is 53.5 Å². The van der Waals surface area contributed by atoms with Gasteiger partial charge in [0.25, 0.3) is 0 Å². The Kier molecular flexibility index (Phi) is 5.54. The van der Waals surface area contributed by atoms with Gasteiger partial charge in [-0.2, -0.15) is 9.37 Å². The summed E-state index contributed by atoms with van der Waals surface area (Å²) in [5.74, 6) is -2.33. The Morgan fingerprint density at radius 2 is 2.03 bits per heavy atom. The van der Waals surface area contributed by atoms with Crippen LogP contribution in [0.3, 0.4) is 0 Å². The molecule has 2 aliphatic rings. The first kappa shape index (κ1) is 20.5. The van der Waals surface area contributed by atoms with Crippen molar-refractivity contribution in [3.8, 4) is 0 Å². The number of benzene rings is 1. The van der Waals surface area contributed by atoms with Crippen LogP contribution in [-0.2, 0) is 16.4 Å². The average molecular weight is 486 g/mol. The lowest BCUT2D eigenvalue weighted by molar-refractivity contribution is 0.456. The van der Waals surface area contributed by atoms with Crippen LogP contribution in [0.25, 0.3) is 0 Å². The second-order valence-electron chi connectivity index (χ2n) is 7.63. The molecular formula is C20H22BrF2N3O2S. The Balaban J connectivity index is 1.81. The minimum Gasteiger partial charge on any atom is -0.361 e. The SMILES string of the molecule is C[C@@H]1CCCCN1c1nc(F)c2c(c1F)S(=O)(=O)CCN2Cc1cccc(Br)c1. The number of halogens is 3. The molecule has 0 radical (unpaired) electrons. The van der Waals surface area contributed by atoms with Crippen molar-refractivity contribution in [2.75, 3.05) is 28.6 Å². The quantitative estimate of drug-likeness (QED) is 0.606. The van der Waals surface area contributed by atoms with E-state index in [2.05, 4.69) is 20.9 Å². The Morgan fingerprint density at radius 1 is 1.24 bits per heavy atom. The minimum absolute atomic E-state index is 0.0210. The number of rotatable bonds is 3. The van der Waals surface area contributed by atoms with E-state index in [1.54, 1.807) is 9.80 Å². The highest BCUT2D eigenvalue weighted by Gasteiger charge is 2.38. The number of anilines is 2. The molecule has 0 bridgehead atoms. The third kappa shape index (κ3) is 3.86. The van der Waals surface area contributed by atoms with Gasteiger partial charge in [0, 0.05) is 30.1 Å². The summed E-state index contributed by atoms with van der Waals surface area (Å²) in [5, 5.41) is 0. The third-order valence-electron chi connectivity index (χ3n) is 5.60. The highest BCUT2D eigenvalue weighted by molar-refractivity contribution is 9.10. The number of fused-ring (bicyclic) bond motifs is 1. The fraction of sp³-hybridized carbons (Fsp3) is 0.450. The van der Waals surface area contributed by atoms with Crippen molar-refractivity contribution in [1.29, 1.82) is 0 Å². The maximum atomic E-state index is 15.5. The maximum Gasteiger partial charge on any atom is 0.239 e. The van der Waals surface area contributed by atoms with Crippen LogP contribution < -0.4 is 9.80 Å². The van der Waals surface area contributed by atoms with Gasteiger partial charge in [0.2, 0.25) is 5.95 Å². The molecule has 0 N–H and O–H groups in total. The molecule has 0 amide bonds. The summed E-state index contributed by atoms with van der Waals surface area (Å²) in [6.07, 6.45) is 2.68. The molecule has 29 heavy (non-hydrogen) atoms. The van der Waals surface area contributed by atoms with Gasteiger partial charge in [-0.15, -0.1) is 0 Å². The Morgan fingerprint density at radius 3 is 2.76 bits per heavy atom. The minimum atomic E-state index is -3.94. The lowest BCUT2D eigenvalue weighted by Crippen LogP contribution is -2.41. The van der Waals surface area contributed by atoms with Crippen molar-refractivity contribution in [2.45, 2.75) is 43.7 Å². The van der Waals surface area contributed by atoms with Gasteiger partial charge in [-0.25, -0.2) is 12.8 Å². The van der Waals surface area contributed by atoms with E-state index in [0.29, 0.717) is 6.54 Å². The second kappa shape index (κ2) is 7.83.